The van der Waals surface area contributed by atoms with Crippen molar-refractivity contribution in [3.05, 3.63) is 34.9 Å². The van der Waals surface area contributed by atoms with E-state index in [0.717, 1.165) is 24.3 Å². The van der Waals surface area contributed by atoms with E-state index in [1.807, 2.05) is 12.1 Å². The van der Waals surface area contributed by atoms with Crippen LogP contribution >= 0.6 is 11.6 Å². The zero-order chi connectivity index (χ0) is 12.8. The van der Waals surface area contributed by atoms with Gasteiger partial charge < -0.3 is 0 Å². The van der Waals surface area contributed by atoms with Crippen molar-refractivity contribution < 1.29 is 0 Å². The number of benzene rings is 1. The Hall–Kier alpha value is -1.00. The summed E-state index contributed by atoms with van der Waals surface area (Å²) in [4.78, 5) is 0. The van der Waals surface area contributed by atoms with Gasteiger partial charge in [0.2, 0.25) is 0 Å². The Morgan fingerprint density at radius 1 is 1.00 bits per heavy atom. The summed E-state index contributed by atoms with van der Waals surface area (Å²) in [6.45, 7) is 0. The smallest absolute Gasteiger partial charge is 0.0693 e. The van der Waals surface area contributed by atoms with Crippen LogP contribution in [0.15, 0.2) is 24.3 Å². The summed E-state index contributed by atoms with van der Waals surface area (Å²) in [5, 5.41) is 10.4. The largest absolute Gasteiger partial charge is 0.198 e. The van der Waals surface area contributed by atoms with Crippen LogP contribution in [-0.4, -0.2) is 0 Å². The Morgan fingerprint density at radius 3 is 2.11 bits per heavy atom. The van der Waals surface area contributed by atoms with Gasteiger partial charge in [-0.1, -0.05) is 55.8 Å². The summed E-state index contributed by atoms with van der Waals surface area (Å²) in [5.41, 5.74) is 1.09. The van der Waals surface area contributed by atoms with Crippen LogP contribution in [0.3, 0.4) is 0 Å². The van der Waals surface area contributed by atoms with E-state index in [0.29, 0.717) is 0 Å². The van der Waals surface area contributed by atoms with E-state index in [2.05, 4.69) is 18.2 Å². The summed E-state index contributed by atoms with van der Waals surface area (Å²) >= 11 is 5.91. The maximum Gasteiger partial charge on any atom is 0.0693 e. The fourth-order valence-electron chi connectivity index (χ4n) is 2.90. The molecular weight excluding hydrogens is 242 g/mol. The van der Waals surface area contributed by atoms with Crippen molar-refractivity contribution in [2.45, 2.75) is 51.4 Å². The van der Waals surface area contributed by atoms with Gasteiger partial charge in [-0.2, -0.15) is 5.26 Å². The van der Waals surface area contributed by atoms with Gasteiger partial charge in [-0.3, -0.25) is 0 Å². The number of hydrogen-bond donors (Lipinski definition) is 0. The van der Waals surface area contributed by atoms with Crippen molar-refractivity contribution in [1.29, 1.82) is 5.26 Å². The lowest BCUT2D eigenvalue weighted by molar-refractivity contribution is 0.287. The third kappa shape index (κ3) is 3.50. The van der Waals surface area contributed by atoms with Crippen LogP contribution in [0.4, 0.5) is 0 Å². The molecule has 0 N–H and O–H groups in total. The zero-order valence-electron chi connectivity index (χ0n) is 10.8. The van der Waals surface area contributed by atoms with E-state index < -0.39 is 0 Å². The SMILES string of the molecule is N#CC1(Cc2ccc(Cl)cc2)CCCCCCC1. The molecule has 0 aromatic heterocycles. The van der Waals surface area contributed by atoms with Crippen molar-refractivity contribution in [1.82, 2.24) is 0 Å². The van der Waals surface area contributed by atoms with Crippen LogP contribution in [0.2, 0.25) is 5.02 Å². The van der Waals surface area contributed by atoms with Gasteiger partial charge in [0.15, 0.2) is 0 Å². The Balaban J connectivity index is 2.11. The molecule has 96 valence electrons. The predicted octanol–water partition coefficient (Wildman–Crippen LogP) is 5.14. The Labute approximate surface area is 115 Å². The minimum absolute atomic E-state index is 0.145. The van der Waals surface area contributed by atoms with Crippen LogP contribution in [0.25, 0.3) is 0 Å². The van der Waals surface area contributed by atoms with E-state index in [-0.39, 0.29) is 5.41 Å². The van der Waals surface area contributed by atoms with Crippen molar-refractivity contribution in [3.8, 4) is 6.07 Å². The van der Waals surface area contributed by atoms with Gasteiger partial charge in [0.05, 0.1) is 11.5 Å². The molecule has 0 unspecified atom stereocenters. The minimum atomic E-state index is -0.145. The van der Waals surface area contributed by atoms with E-state index >= 15 is 0 Å². The Kier molecular flexibility index (Phi) is 4.66. The van der Waals surface area contributed by atoms with Crippen LogP contribution in [-0.2, 0) is 6.42 Å². The second kappa shape index (κ2) is 6.25. The number of halogens is 1. The molecule has 1 fully saturated rings. The lowest BCUT2D eigenvalue weighted by Gasteiger charge is -2.28. The summed E-state index contributed by atoms with van der Waals surface area (Å²) in [5.74, 6) is 0. The standard InChI is InChI=1S/C16H20ClN/c17-15-8-6-14(7-9-15)12-16(13-18)10-4-2-1-3-5-11-16/h6-9H,1-5,10-12H2. The molecule has 1 aliphatic carbocycles. The van der Waals surface area contributed by atoms with Crippen molar-refractivity contribution >= 4 is 11.6 Å². The topological polar surface area (TPSA) is 23.8 Å². The minimum Gasteiger partial charge on any atom is -0.198 e. The fourth-order valence-corrected chi connectivity index (χ4v) is 3.03. The molecule has 18 heavy (non-hydrogen) atoms. The molecule has 0 amide bonds. The molecule has 2 rings (SSSR count). The molecule has 1 nitrogen and oxygen atoms in total. The maximum absolute atomic E-state index is 9.60. The number of nitrogens with zero attached hydrogens (tertiary/aromatic N) is 1. The normalized spacial score (nSPS) is 19.6. The highest BCUT2D eigenvalue weighted by Crippen LogP contribution is 2.36. The first kappa shape index (κ1) is 13.4. The van der Waals surface area contributed by atoms with Crippen molar-refractivity contribution in [3.63, 3.8) is 0 Å². The maximum atomic E-state index is 9.60. The van der Waals surface area contributed by atoms with Crippen LogP contribution in [0.1, 0.15) is 50.5 Å². The van der Waals surface area contributed by atoms with E-state index in [9.17, 15) is 5.26 Å². The quantitative estimate of drug-likeness (QED) is 0.723. The van der Waals surface area contributed by atoms with Gasteiger partial charge >= 0.3 is 0 Å². The fraction of sp³-hybridized carbons (Fsp3) is 0.562. The molecule has 0 aliphatic heterocycles. The van der Waals surface area contributed by atoms with Crippen LogP contribution in [0, 0.1) is 16.7 Å². The highest BCUT2D eigenvalue weighted by molar-refractivity contribution is 6.30. The molecular formula is C16H20ClN. The number of nitriles is 1. The molecule has 1 aliphatic rings. The van der Waals surface area contributed by atoms with Crippen LogP contribution < -0.4 is 0 Å². The van der Waals surface area contributed by atoms with Gasteiger partial charge in [-0.25, -0.2) is 0 Å². The number of hydrogen-bond acceptors (Lipinski definition) is 1. The molecule has 0 saturated heterocycles. The molecule has 0 heterocycles. The molecule has 0 atom stereocenters. The second-order valence-electron chi connectivity index (χ2n) is 5.46. The van der Waals surface area contributed by atoms with E-state index in [1.165, 1.54) is 37.7 Å². The molecule has 1 aromatic rings. The lowest BCUT2D eigenvalue weighted by atomic mass is 9.73. The van der Waals surface area contributed by atoms with Gasteiger partial charge in [-0.05, 0) is 37.0 Å². The highest BCUT2D eigenvalue weighted by Gasteiger charge is 2.30. The highest BCUT2D eigenvalue weighted by atomic mass is 35.5. The molecule has 1 saturated carbocycles. The van der Waals surface area contributed by atoms with E-state index in [4.69, 9.17) is 11.6 Å². The number of rotatable bonds is 2. The first-order valence-corrected chi connectivity index (χ1v) is 7.28. The zero-order valence-corrected chi connectivity index (χ0v) is 11.5. The third-order valence-corrected chi connectivity index (χ3v) is 4.26. The van der Waals surface area contributed by atoms with Gasteiger partial charge in [-0.15, -0.1) is 0 Å². The van der Waals surface area contributed by atoms with Crippen molar-refractivity contribution in [2.24, 2.45) is 5.41 Å². The Bertz CT molecular complexity index is 408. The molecule has 0 bridgehead atoms. The molecule has 1 aromatic carbocycles. The van der Waals surface area contributed by atoms with E-state index in [1.54, 1.807) is 0 Å². The van der Waals surface area contributed by atoms with Crippen molar-refractivity contribution in [2.75, 3.05) is 0 Å². The molecule has 2 heteroatoms. The monoisotopic (exact) mass is 261 g/mol. The van der Waals surface area contributed by atoms with Gasteiger partial charge in [0.25, 0.3) is 0 Å². The average molecular weight is 262 g/mol. The first-order chi connectivity index (χ1) is 8.74. The molecule has 0 spiro atoms. The average Bonchev–Trinajstić information content (AvgIpc) is 2.36. The summed E-state index contributed by atoms with van der Waals surface area (Å²) in [7, 11) is 0. The van der Waals surface area contributed by atoms with Crippen LogP contribution in [0.5, 0.6) is 0 Å². The Morgan fingerprint density at radius 2 is 1.56 bits per heavy atom. The predicted molar refractivity (Wildman–Crippen MR) is 75.5 cm³/mol. The third-order valence-electron chi connectivity index (χ3n) is 4.00. The van der Waals surface area contributed by atoms with Gasteiger partial charge in [0, 0.05) is 5.02 Å². The van der Waals surface area contributed by atoms with Gasteiger partial charge in [0.1, 0.15) is 0 Å². The summed E-state index contributed by atoms with van der Waals surface area (Å²) in [6, 6.07) is 10.6. The molecule has 0 radical (unpaired) electrons. The second-order valence-corrected chi connectivity index (χ2v) is 5.90. The first-order valence-electron chi connectivity index (χ1n) is 6.90. The summed E-state index contributed by atoms with van der Waals surface area (Å²) in [6.07, 6.45) is 9.26. The summed E-state index contributed by atoms with van der Waals surface area (Å²) < 4.78 is 0. The lowest BCUT2D eigenvalue weighted by Crippen LogP contribution is -2.23.